The summed E-state index contributed by atoms with van der Waals surface area (Å²) in [7, 11) is 0. The number of phenols is 1. The van der Waals surface area contributed by atoms with Gasteiger partial charge in [0.2, 0.25) is 0 Å². The van der Waals surface area contributed by atoms with Crippen LogP contribution in [0.4, 0.5) is 11.4 Å². The van der Waals surface area contributed by atoms with Crippen LogP contribution in [0.1, 0.15) is 10.4 Å². The molecule has 2 aromatic carbocycles. The van der Waals surface area contributed by atoms with Crippen molar-refractivity contribution in [1.29, 1.82) is 5.26 Å². The van der Waals surface area contributed by atoms with Crippen molar-refractivity contribution in [2.45, 2.75) is 0 Å². The number of aromatic carboxylic acids is 1. The number of nitrogens with zero attached hydrogens (tertiary/aromatic N) is 1. The summed E-state index contributed by atoms with van der Waals surface area (Å²) >= 11 is 0. The van der Waals surface area contributed by atoms with E-state index < -0.39 is 11.9 Å². The van der Waals surface area contributed by atoms with Crippen molar-refractivity contribution in [3.05, 3.63) is 65.9 Å². The molecule has 24 heavy (non-hydrogen) atoms. The fourth-order valence-electron chi connectivity index (χ4n) is 1.79. The van der Waals surface area contributed by atoms with Crippen molar-refractivity contribution in [2.75, 3.05) is 10.6 Å². The molecule has 0 aliphatic rings. The first-order valence-corrected chi connectivity index (χ1v) is 6.80. The first-order valence-electron chi connectivity index (χ1n) is 6.80. The molecule has 0 unspecified atom stereocenters. The van der Waals surface area contributed by atoms with Crippen LogP contribution in [0, 0.1) is 11.3 Å². The van der Waals surface area contributed by atoms with Gasteiger partial charge in [0, 0.05) is 17.6 Å². The van der Waals surface area contributed by atoms with Crippen molar-refractivity contribution in [2.24, 2.45) is 0 Å². The van der Waals surface area contributed by atoms with Gasteiger partial charge in [-0.3, -0.25) is 4.79 Å². The molecule has 2 aromatic rings. The summed E-state index contributed by atoms with van der Waals surface area (Å²) in [6, 6.07) is 13.5. The molecule has 0 saturated heterocycles. The number of amides is 1. The van der Waals surface area contributed by atoms with Gasteiger partial charge in [0.15, 0.2) is 0 Å². The number of phenolic OH excluding ortho intramolecular Hbond substituents is 1. The highest BCUT2D eigenvalue weighted by molar-refractivity contribution is 6.07. The Kier molecular flexibility index (Phi) is 5.16. The van der Waals surface area contributed by atoms with Crippen molar-refractivity contribution in [3.8, 4) is 11.8 Å². The first kappa shape index (κ1) is 16.6. The van der Waals surface area contributed by atoms with Crippen molar-refractivity contribution in [1.82, 2.24) is 0 Å². The molecule has 7 nitrogen and oxygen atoms in total. The zero-order valence-corrected chi connectivity index (χ0v) is 12.4. The molecule has 0 bridgehead atoms. The molecule has 0 aliphatic heterocycles. The predicted molar refractivity (Wildman–Crippen MR) is 87.5 cm³/mol. The summed E-state index contributed by atoms with van der Waals surface area (Å²) < 4.78 is 0. The van der Waals surface area contributed by atoms with Gasteiger partial charge in [0.1, 0.15) is 17.4 Å². The lowest BCUT2D eigenvalue weighted by Crippen LogP contribution is -2.15. The van der Waals surface area contributed by atoms with Crippen LogP contribution in [0.3, 0.4) is 0 Å². The second kappa shape index (κ2) is 7.47. The fraction of sp³-hybridized carbons (Fsp3) is 0. The maximum atomic E-state index is 12.1. The van der Waals surface area contributed by atoms with Gasteiger partial charge in [-0.15, -0.1) is 0 Å². The van der Waals surface area contributed by atoms with E-state index in [0.717, 1.165) is 0 Å². The van der Waals surface area contributed by atoms with Gasteiger partial charge in [-0.05, 0) is 42.5 Å². The van der Waals surface area contributed by atoms with E-state index in [9.17, 15) is 14.7 Å². The highest BCUT2D eigenvalue weighted by Crippen LogP contribution is 2.15. The van der Waals surface area contributed by atoms with Crippen LogP contribution in [-0.4, -0.2) is 22.1 Å². The van der Waals surface area contributed by atoms with E-state index in [1.807, 2.05) is 0 Å². The number of carboxylic acid groups (broad SMARTS) is 1. The number of anilines is 2. The molecule has 120 valence electrons. The number of hydrogen-bond acceptors (Lipinski definition) is 5. The van der Waals surface area contributed by atoms with Crippen LogP contribution < -0.4 is 10.6 Å². The van der Waals surface area contributed by atoms with Crippen LogP contribution in [-0.2, 0) is 4.79 Å². The second-order valence-corrected chi connectivity index (χ2v) is 4.70. The Bertz CT molecular complexity index is 836. The molecular formula is C17H13N3O4. The number of rotatable bonds is 5. The number of carboxylic acids is 1. The van der Waals surface area contributed by atoms with Crippen LogP contribution >= 0.6 is 0 Å². The molecule has 2 rings (SSSR count). The van der Waals surface area contributed by atoms with E-state index in [1.54, 1.807) is 18.2 Å². The summed E-state index contributed by atoms with van der Waals surface area (Å²) in [6.07, 6.45) is 1.22. The number of benzene rings is 2. The molecule has 0 heterocycles. The Hall–Kier alpha value is -3.79. The Labute approximate surface area is 137 Å². The zero-order valence-electron chi connectivity index (χ0n) is 12.4. The summed E-state index contributed by atoms with van der Waals surface area (Å²) in [6.45, 7) is 0. The minimum Gasteiger partial charge on any atom is -0.508 e. The van der Waals surface area contributed by atoms with E-state index in [4.69, 9.17) is 10.4 Å². The van der Waals surface area contributed by atoms with E-state index in [-0.39, 0.29) is 22.6 Å². The Morgan fingerprint density at radius 3 is 2.42 bits per heavy atom. The van der Waals surface area contributed by atoms with Gasteiger partial charge in [0.05, 0.1) is 5.56 Å². The topological polar surface area (TPSA) is 122 Å². The van der Waals surface area contributed by atoms with Crippen LogP contribution in [0.25, 0.3) is 0 Å². The molecule has 0 saturated carbocycles. The summed E-state index contributed by atoms with van der Waals surface area (Å²) in [5, 5.41) is 32.4. The average Bonchev–Trinajstić information content (AvgIpc) is 2.57. The van der Waals surface area contributed by atoms with Crippen LogP contribution in [0.2, 0.25) is 0 Å². The van der Waals surface area contributed by atoms with Gasteiger partial charge in [0.25, 0.3) is 5.91 Å². The number of aromatic hydroxyl groups is 1. The molecule has 0 atom stereocenters. The van der Waals surface area contributed by atoms with Gasteiger partial charge in [-0.2, -0.15) is 5.26 Å². The van der Waals surface area contributed by atoms with Gasteiger partial charge >= 0.3 is 5.97 Å². The molecule has 7 heteroatoms. The Balaban J connectivity index is 2.10. The maximum Gasteiger partial charge on any atom is 0.335 e. The molecule has 4 N–H and O–H groups in total. The smallest absolute Gasteiger partial charge is 0.335 e. The number of nitrogens with one attached hydrogen (secondary N) is 2. The lowest BCUT2D eigenvalue weighted by Gasteiger charge is -2.06. The highest BCUT2D eigenvalue weighted by atomic mass is 16.4. The maximum absolute atomic E-state index is 12.1. The number of nitriles is 1. The highest BCUT2D eigenvalue weighted by Gasteiger charge is 2.10. The average molecular weight is 323 g/mol. The number of carbonyl (C=O) groups excluding carboxylic acids is 1. The van der Waals surface area contributed by atoms with Gasteiger partial charge in [-0.25, -0.2) is 4.79 Å². The zero-order chi connectivity index (χ0) is 17.5. The minimum absolute atomic E-state index is 0.0255. The largest absolute Gasteiger partial charge is 0.508 e. The normalized spacial score (nSPS) is 10.5. The van der Waals surface area contributed by atoms with Gasteiger partial charge < -0.3 is 20.8 Å². The third kappa shape index (κ3) is 4.35. The monoisotopic (exact) mass is 323 g/mol. The van der Waals surface area contributed by atoms with Crippen molar-refractivity contribution < 1.29 is 19.8 Å². The number of hydrogen-bond donors (Lipinski definition) is 4. The minimum atomic E-state index is -1.11. The molecule has 0 aromatic heterocycles. The predicted octanol–water partition coefficient (Wildman–Crippen LogP) is 2.55. The number of carbonyl (C=O) groups is 2. The molecular weight excluding hydrogens is 310 g/mol. The van der Waals surface area contributed by atoms with E-state index in [1.165, 1.54) is 42.6 Å². The molecule has 0 radical (unpaired) electrons. The fourth-order valence-corrected chi connectivity index (χ4v) is 1.79. The lowest BCUT2D eigenvalue weighted by atomic mass is 10.2. The first-order chi connectivity index (χ1) is 11.5. The van der Waals surface area contributed by atoms with Crippen molar-refractivity contribution in [3.63, 3.8) is 0 Å². The quantitative estimate of drug-likeness (QED) is 0.381. The van der Waals surface area contributed by atoms with E-state index in [2.05, 4.69) is 10.6 Å². The molecule has 0 fully saturated rings. The standard InChI is InChI=1S/C17H13N3O4/c18-9-12(10-19-13-4-6-15(21)7-5-13)16(22)20-14-3-1-2-11(8-14)17(23)24/h1-8,10,19,21H,(H,20,22)(H,23,24)/b12-10-. The van der Waals surface area contributed by atoms with E-state index >= 15 is 0 Å². The Morgan fingerprint density at radius 2 is 1.79 bits per heavy atom. The third-order valence-electron chi connectivity index (χ3n) is 2.98. The van der Waals surface area contributed by atoms with Crippen LogP contribution in [0.15, 0.2) is 60.3 Å². The Morgan fingerprint density at radius 1 is 1.08 bits per heavy atom. The SMILES string of the molecule is N#C/C(=C/Nc1ccc(O)cc1)C(=O)Nc1cccc(C(=O)O)c1. The second-order valence-electron chi connectivity index (χ2n) is 4.70. The van der Waals surface area contributed by atoms with E-state index in [0.29, 0.717) is 5.69 Å². The summed E-state index contributed by atoms with van der Waals surface area (Å²) in [4.78, 5) is 23.0. The summed E-state index contributed by atoms with van der Waals surface area (Å²) in [5.74, 6) is -1.69. The molecule has 1 amide bonds. The van der Waals surface area contributed by atoms with Crippen LogP contribution in [0.5, 0.6) is 5.75 Å². The molecule has 0 aliphatic carbocycles. The summed E-state index contributed by atoms with van der Waals surface area (Å²) in [5.41, 5.74) is 0.688. The lowest BCUT2D eigenvalue weighted by molar-refractivity contribution is -0.112. The third-order valence-corrected chi connectivity index (χ3v) is 2.98. The van der Waals surface area contributed by atoms with Gasteiger partial charge in [-0.1, -0.05) is 6.07 Å². The van der Waals surface area contributed by atoms with Crippen molar-refractivity contribution >= 4 is 23.3 Å². The molecule has 0 spiro atoms.